The number of hydrogen-bond acceptors (Lipinski definition) is 8. The summed E-state index contributed by atoms with van der Waals surface area (Å²) in [6.07, 6.45) is 7.90. The van der Waals surface area contributed by atoms with Crippen molar-refractivity contribution in [3.8, 4) is 0 Å². The van der Waals surface area contributed by atoms with E-state index in [-0.39, 0.29) is 34.4 Å². The van der Waals surface area contributed by atoms with Gasteiger partial charge in [-0.15, -0.1) is 0 Å². The number of aliphatic hydroxyl groups is 1. The third kappa shape index (κ3) is 5.08. The minimum Gasteiger partial charge on any atom is -0.392 e. The number of hydrogen-bond donors (Lipinski definition) is 2. The highest BCUT2D eigenvalue weighted by Crippen LogP contribution is 2.33. The molecule has 2 saturated carbocycles. The van der Waals surface area contributed by atoms with Crippen LogP contribution in [0.2, 0.25) is 0 Å². The van der Waals surface area contributed by atoms with Gasteiger partial charge in [-0.2, -0.15) is 0 Å². The van der Waals surface area contributed by atoms with Crippen LogP contribution in [-0.2, 0) is 26.1 Å². The minimum atomic E-state index is -3.32. The quantitative estimate of drug-likeness (QED) is 0.471. The summed E-state index contributed by atoms with van der Waals surface area (Å²) in [7, 11) is -3.32. The zero-order chi connectivity index (χ0) is 21.8. The van der Waals surface area contributed by atoms with Gasteiger partial charge in [0.05, 0.1) is 34.8 Å². The molecule has 2 fully saturated rings. The van der Waals surface area contributed by atoms with E-state index in [1.807, 2.05) is 0 Å². The first-order valence-electron chi connectivity index (χ1n) is 10.3. The van der Waals surface area contributed by atoms with E-state index in [4.69, 9.17) is 9.94 Å². The maximum atomic E-state index is 12.9. The number of sulfone groups is 1. The normalized spacial score (nSPS) is 17.5. The van der Waals surface area contributed by atoms with E-state index in [2.05, 4.69) is 20.4 Å². The van der Waals surface area contributed by atoms with Crippen molar-refractivity contribution < 1.29 is 23.2 Å². The third-order valence-electron chi connectivity index (χ3n) is 5.34. The first-order chi connectivity index (χ1) is 15.0. The Morgan fingerprint density at radius 2 is 1.81 bits per heavy atom. The van der Waals surface area contributed by atoms with Crippen LogP contribution < -0.4 is 5.32 Å². The van der Waals surface area contributed by atoms with E-state index in [1.54, 1.807) is 12.1 Å². The molecule has 0 radical (unpaired) electrons. The lowest BCUT2D eigenvalue weighted by Crippen LogP contribution is -2.25. The molecule has 0 spiro atoms. The molecule has 1 aromatic carbocycles. The van der Waals surface area contributed by atoms with Crippen LogP contribution in [0.5, 0.6) is 0 Å². The van der Waals surface area contributed by atoms with Gasteiger partial charge in [-0.25, -0.2) is 13.4 Å². The van der Waals surface area contributed by atoms with Crippen LogP contribution in [0.4, 0.5) is 5.82 Å². The number of oxime groups is 1. The van der Waals surface area contributed by atoms with Crippen molar-refractivity contribution in [2.45, 2.75) is 61.4 Å². The molecule has 4 rings (SSSR count). The molecule has 9 nitrogen and oxygen atoms in total. The number of aliphatic hydroxyl groups excluding tert-OH is 1. The topological polar surface area (TPSA) is 131 Å². The van der Waals surface area contributed by atoms with Crippen molar-refractivity contribution in [2.75, 3.05) is 5.32 Å². The highest BCUT2D eigenvalue weighted by atomic mass is 32.2. The predicted octanol–water partition coefficient (Wildman–Crippen LogP) is 2.21. The molecule has 1 heterocycles. The highest BCUT2D eigenvalue weighted by molar-refractivity contribution is 7.92. The molecular weight excluding hydrogens is 420 g/mol. The lowest BCUT2D eigenvalue weighted by Gasteiger charge is -2.11. The van der Waals surface area contributed by atoms with E-state index in [9.17, 15) is 13.2 Å². The molecule has 1 amide bonds. The number of nitrogens with zero attached hydrogens (tertiary/aromatic N) is 3. The van der Waals surface area contributed by atoms with Crippen molar-refractivity contribution in [3.05, 3.63) is 47.9 Å². The molecule has 164 valence electrons. The van der Waals surface area contributed by atoms with E-state index in [0.29, 0.717) is 24.1 Å². The van der Waals surface area contributed by atoms with Crippen molar-refractivity contribution >= 4 is 27.3 Å². The molecule has 2 aliphatic rings. The van der Waals surface area contributed by atoms with Crippen molar-refractivity contribution in [1.82, 2.24) is 9.97 Å². The van der Waals surface area contributed by atoms with Crippen LogP contribution in [0.3, 0.4) is 0 Å². The van der Waals surface area contributed by atoms with Gasteiger partial charge in [0, 0.05) is 5.56 Å². The molecule has 2 N–H and O–H groups in total. The van der Waals surface area contributed by atoms with E-state index < -0.39 is 15.7 Å². The van der Waals surface area contributed by atoms with Gasteiger partial charge in [0.25, 0.3) is 5.91 Å². The summed E-state index contributed by atoms with van der Waals surface area (Å²) in [5, 5.41) is 15.5. The summed E-state index contributed by atoms with van der Waals surface area (Å²) in [5.74, 6) is -0.356. The van der Waals surface area contributed by atoms with Crippen LogP contribution in [0, 0.1) is 0 Å². The minimum absolute atomic E-state index is 0.0234. The molecule has 0 unspecified atom stereocenters. The van der Waals surface area contributed by atoms with Crippen LogP contribution in [-0.4, -0.2) is 46.5 Å². The van der Waals surface area contributed by atoms with Crippen LogP contribution >= 0.6 is 0 Å². The fourth-order valence-electron chi connectivity index (χ4n) is 3.40. The summed E-state index contributed by atoms with van der Waals surface area (Å²) in [6, 6.07) is 6.12. The van der Waals surface area contributed by atoms with E-state index in [1.165, 1.54) is 24.5 Å². The average molecular weight is 445 g/mol. The summed E-state index contributed by atoms with van der Waals surface area (Å²) < 4.78 is 24.9. The van der Waals surface area contributed by atoms with E-state index >= 15 is 0 Å². The second-order valence-electron chi connectivity index (χ2n) is 7.73. The Morgan fingerprint density at radius 3 is 2.39 bits per heavy atom. The van der Waals surface area contributed by atoms with Gasteiger partial charge in [0.2, 0.25) is 0 Å². The molecule has 0 saturated heterocycles. The second kappa shape index (κ2) is 9.11. The Balaban J connectivity index is 1.57. The van der Waals surface area contributed by atoms with Gasteiger partial charge < -0.3 is 15.3 Å². The largest absolute Gasteiger partial charge is 0.392 e. The predicted molar refractivity (Wildman–Crippen MR) is 113 cm³/mol. The van der Waals surface area contributed by atoms with Gasteiger partial charge in [-0.05, 0) is 50.7 Å². The molecular formula is C21H24N4O5S. The lowest BCUT2D eigenvalue weighted by atomic mass is 10.1. The fraction of sp³-hybridized carbons (Fsp3) is 0.429. The van der Waals surface area contributed by atoms with Crippen LogP contribution in [0.15, 0.2) is 46.7 Å². The monoisotopic (exact) mass is 444 g/mol. The number of carbonyl (C=O) groups is 1. The maximum Gasteiger partial charge on any atom is 0.279 e. The Labute approximate surface area is 180 Å². The number of aromatic nitrogens is 2. The lowest BCUT2D eigenvalue weighted by molar-refractivity contribution is -0.110. The van der Waals surface area contributed by atoms with E-state index in [0.717, 1.165) is 25.7 Å². The number of nitrogens with one attached hydrogen (secondary N) is 1. The number of carbonyl (C=O) groups excluding carboxylic acids is 1. The Morgan fingerprint density at radius 1 is 1.10 bits per heavy atom. The maximum absolute atomic E-state index is 12.9. The summed E-state index contributed by atoms with van der Waals surface area (Å²) >= 11 is 0. The summed E-state index contributed by atoms with van der Waals surface area (Å²) in [4.78, 5) is 26.8. The smallest absolute Gasteiger partial charge is 0.279 e. The zero-order valence-electron chi connectivity index (χ0n) is 16.9. The van der Waals surface area contributed by atoms with Gasteiger partial charge >= 0.3 is 0 Å². The Hall–Kier alpha value is -2.85. The first-order valence-corrected chi connectivity index (χ1v) is 11.8. The zero-order valence-corrected chi connectivity index (χ0v) is 17.7. The molecule has 2 aliphatic carbocycles. The molecule has 0 aliphatic heterocycles. The average Bonchev–Trinajstić information content (AvgIpc) is 3.52. The SMILES string of the molecule is O=C(Nc1cnc(CO)cn1)C(=NOC1CCCC1)c1ccc(S(=O)(=O)C2CC2)cc1. The van der Waals surface area contributed by atoms with Crippen molar-refractivity contribution in [2.24, 2.45) is 5.16 Å². The second-order valence-corrected chi connectivity index (χ2v) is 9.95. The molecule has 2 aromatic rings. The third-order valence-corrected chi connectivity index (χ3v) is 7.62. The molecule has 0 bridgehead atoms. The summed E-state index contributed by atoms with van der Waals surface area (Å²) in [5.41, 5.74) is 0.837. The van der Waals surface area contributed by atoms with Crippen molar-refractivity contribution in [3.63, 3.8) is 0 Å². The van der Waals surface area contributed by atoms with Gasteiger partial charge in [-0.3, -0.25) is 9.78 Å². The number of anilines is 1. The molecule has 1 aromatic heterocycles. The Bertz CT molecular complexity index is 1060. The number of amides is 1. The van der Waals surface area contributed by atoms with Crippen molar-refractivity contribution in [1.29, 1.82) is 0 Å². The van der Waals surface area contributed by atoms with Crippen LogP contribution in [0.1, 0.15) is 49.8 Å². The molecule has 31 heavy (non-hydrogen) atoms. The standard InChI is InChI=1S/C21H24N4O5S/c26-13-15-11-23-19(12-22-15)24-21(27)20(25-30-16-3-1-2-4-16)14-5-7-17(8-6-14)31(28,29)18-9-10-18/h5-8,11-12,16,18,26H,1-4,9-10,13H2,(H,23,24,27). The van der Waals surface area contributed by atoms with Gasteiger partial charge in [0.15, 0.2) is 21.4 Å². The number of rotatable bonds is 8. The molecule has 10 heteroatoms. The summed E-state index contributed by atoms with van der Waals surface area (Å²) in [6.45, 7) is -0.251. The van der Waals surface area contributed by atoms with Gasteiger partial charge in [0.1, 0.15) is 6.10 Å². The Kier molecular flexibility index (Phi) is 6.28. The fourth-order valence-corrected chi connectivity index (χ4v) is 5.05. The van der Waals surface area contributed by atoms with Gasteiger partial charge in [-0.1, -0.05) is 17.3 Å². The number of benzene rings is 1. The first kappa shape index (κ1) is 21.4. The molecule has 0 atom stereocenters. The van der Waals surface area contributed by atoms with Crippen LogP contribution in [0.25, 0.3) is 0 Å². The highest BCUT2D eigenvalue weighted by Gasteiger charge is 2.36.